The molecular formula is C27H24F4Si2. The van der Waals surface area contributed by atoms with Crippen LogP contribution in [0.5, 0.6) is 0 Å². The van der Waals surface area contributed by atoms with Gasteiger partial charge in [-0.25, -0.2) is 17.6 Å². The first-order valence-corrected chi connectivity index (χ1v) is 16.2. The van der Waals surface area contributed by atoms with Gasteiger partial charge < -0.3 is 0 Å². The summed E-state index contributed by atoms with van der Waals surface area (Å²) in [6.45, 7) is 5.01. The average molecular weight is 481 g/mol. The molecule has 0 aliphatic heterocycles. The molecule has 0 amide bonds. The van der Waals surface area contributed by atoms with Gasteiger partial charge in [-0.1, -0.05) is 111 Å². The van der Waals surface area contributed by atoms with Crippen molar-refractivity contribution in [2.45, 2.75) is 19.6 Å². The molecule has 4 aromatic rings. The first kappa shape index (κ1) is 23.2. The van der Waals surface area contributed by atoms with Crippen molar-refractivity contribution in [3.05, 3.63) is 114 Å². The highest BCUT2D eigenvalue weighted by Crippen LogP contribution is 2.20. The molecule has 33 heavy (non-hydrogen) atoms. The van der Waals surface area contributed by atoms with Crippen LogP contribution in [0.1, 0.15) is 0 Å². The van der Waals surface area contributed by atoms with Crippen LogP contribution in [0.4, 0.5) is 17.6 Å². The molecule has 0 atom stereocenters. The van der Waals surface area contributed by atoms with E-state index in [-0.39, 0.29) is 0 Å². The van der Waals surface area contributed by atoms with Crippen LogP contribution in [0.3, 0.4) is 0 Å². The van der Waals surface area contributed by atoms with Gasteiger partial charge in [-0.2, -0.15) is 0 Å². The van der Waals surface area contributed by atoms with Crippen molar-refractivity contribution < 1.29 is 17.6 Å². The predicted octanol–water partition coefficient (Wildman–Crippen LogP) is 4.17. The van der Waals surface area contributed by atoms with Gasteiger partial charge in [0.15, 0.2) is 31.3 Å². The van der Waals surface area contributed by atoms with Crippen LogP contribution in [0.25, 0.3) is 0 Å². The topological polar surface area (TPSA) is 0 Å². The molecule has 0 unspecified atom stereocenters. The monoisotopic (exact) mass is 480 g/mol. The molecule has 0 aliphatic rings. The Morgan fingerprint density at radius 2 is 0.697 bits per heavy atom. The molecule has 0 saturated carbocycles. The Labute approximate surface area is 193 Å². The molecule has 0 heterocycles. The standard InChI is InChI=1S/C27H24F4Si2/c1-32(2,3)26-22(28)24(30)27(25(31)23(26)29)33(19-13-7-4-8-14-19,20-15-9-5-10-16-20)21-17-11-6-12-18-21/h4-18H,1-3H3. The molecule has 4 aromatic carbocycles. The van der Waals surface area contributed by atoms with Crippen molar-refractivity contribution in [2.24, 2.45) is 0 Å². The van der Waals surface area contributed by atoms with Crippen LogP contribution in [-0.4, -0.2) is 16.1 Å². The highest BCUT2D eigenvalue weighted by molar-refractivity contribution is 7.20. The third-order valence-corrected chi connectivity index (χ3v) is 12.7. The van der Waals surface area contributed by atoms with E-state index >= 15 is 17.6 Å². The maximum Gasteiger partial charge on any atom is 0.187 e. The molecule has 0 saturated heterocycles. The van der Waals surface area contributed by atoms with Crippen LogP contribution in [0.15, 0.2) is 91.0 Å². The van der Waals surface area contributed by atoms with Gasteiger partial charge in [0.2, 0.25) is 0 Å². The quantitative estimate of drug-likeness (QED) is 0.174. The fourth-order valence-electron chi connectivity index (χ4n) is 4.62. The van der Waals surface area contributed by atoms with Gasteiger partial charge in [0, 0.05) is 10.4 Å². The molecule has 0 bridgehead atoms. The molecule has 0 spiro atoms. The second kappa shape index (κ2) is 8.76. The van der Waals surface area contributed by atoms with Gasteiger partial charge in [-0.15, -0.1) is 0 Å². The van der Waals surface area contributed by atoms with Crippen molar-refractivity contribution in [3.8, 4) is 0 Å². The maximum atomic E-state index is 16.1. The Morgan fingerprint density at radius 1 is 0.424 bits per heavy atom. The summed E-state index contributed by atoms with van der Waals surface area (Å²) in [4.78, 5) is 0. The van der Waals surface area contributed by atoms with E-state index in [0.717, 1.165) is 0 Å². The minimum atomic E-state index is -3.75. The second-order valence-electron chi connectivity index (χ2n) is 9.10. The van der Waals surface area contributed by atoms with Crippen LogP contribution in [0.2, 0.25) is 19.6 Å². The predicted molar refractivity (Wildman–Crippen MR) is 133 cm³/mol. The van der Waals surface area contributed by atoms with E-state index in [0.29, 0.717) is 15.6 Å². The summed E-state index contributed by atoms with van der Waals surface area (Å²) in [6.07, 6.45) is 0. The SMILES string of the molecule is C[Si](C)(C)c1c(F)c(F)c([Si](c2ccccc2)(c2ccccc2)c2ccccc2)c(F)c1F. The van der Waals surface area contributed by atoms with Crippen molar-refractivity contribution >= 4 is 42.1 Å². The van der Waals surface area contributed by atoms with Gasteiger partial charge in [0.1, 0.15) is 0 Å². The van der Waals surface area contributed by atoms with Gasteiger partial charge in [0.05, 0.1) is 8.07 Å². The molecule has 0 fully saturated rings. The molecular weight excluding hydrogens is 456 g/mol. The largest absolute Gasteiger partial charge is 0.204 e. The van der Waals surface area contributed by atoms with Crippen molar-refractivity contribution in [1.82, 2.24) is 0 Å². The van der Waals surface area contributed by atoms with Gasteiger partial charge >= 0.3 is 0 Å². The number of rotatable bonds is 5. The molecule has 4 rings (SSSR count). The molecule has 0 N–H and O–H groups in total. The highest BCUT2D eigenvalue weighted by atomic mass is 28.3. The summed E-state index contributed by atoms with van der Waals surface area (Å²) < 4.78 is 63.2. The average Bonchev–Trinajstić information content (AvgIpc) is 2.81. The zero-order valence-electron chi connectivity index (χ0n) is 18.7. The molecule has 168 valence electrons. The summed E-state index contributed by atoms with van der Waals surface area (Å²) in [5, 5.41) is 0.959. The first-order chi connectivity index (χ1) is 15.7. The second-order valence-corrected chi connectivity index (χ2v) is 17.8. The Morgan fingerprint density at radius 3 is 0.970 bits per heavy atom. The van der Waals surface area contributed by atoms with Crippen LogP contribution in [-0.2, 0) is 0 Å². The van der Waals surface area contributed by atoms with Crippen molar-refractivity contribution in [1.29, 1.82) is 0 Å². The lowest BCUT2D eigenvalue weighted by atomic mass is 10.3. The smallest absolute Gasteiger partial charge is 0.187 e. The third kappa shape index (κ3) is 3.77. The van der Waals surface area contributed by atoms with E-state index in [4.69, 9.17) is 0 Å². The van der Waals surface area contributed by atoms with Crippen LogP contribution in [0, 0.1) is 23.3 Å². The van der Waals surface area contributed by atoms with Crippen LogP contribution >= 0.6 is 0 Å². The minimum absolute atomic E-state index is 0.446. The lowest BCUT2D eigenvalue weighted by Crippen LogP contribution is -2.76. The first-order valence-electron chi connectivity index (χ1n) is 10.7. The summed E-state index contributed by atoms with van der Waals surface area (Å²) in [5.74, 6) is -5.14. The number of halogens is 4. The van der Waals surface area contributed by atoms with Crippen molar-refractivity contribution in [3.63, 3.8) is 0 Å². The number of hydrogen-bond acceptors (Lipinski definition) is 0. The summed E-state index contributed by atoms with van der Waals surface area (Å²) >= 11 is 0. The minimum Gasteiger partial charge on any atom is -0.204 e. The highest BCUT2D eigenvalue weighted by Gasteiger charge is 2.48. The zero-order chi connectivity index (χ0) is 23.8. The lowest BCUT2D eigenvalue weighted by Gasteiger charge is -2.35. The lowest BCUT2D eigenvalue weighted by molar-refractivity contribution is 0.471. The van der Waals surface area contributed by atoms with Gasteiger partial charge in [-0.3, -0.25) is 0 Å². The summed E-state index contributed by atoms with van der Waals surface area (Å²) in [6, 6.07) is 26.8. The van der Waals surface area contributed by atoms with E-state index in [1.807, 2.05) is 0 Å². The summed E-state index contributed by atoms with van der Waals surface area (Å²) in [5.41, 5.74) is 0. The molecule has 0 nitrogen and oxygen atoms in total. The fraction of sp³-hybridized carbons (Fsp3) is 0.111. The molecule has 0 aromatic heterocycles. The number of hydrogen-bond donors (Lipinski definition) is 0. The molecule has 6 heteroatoms. The van der Waals surface area contributed by atoms with E-state index < -0.39 is 49.8 Å². The Kier molecular flexibility index (Phi) is 6.16. The van der Waals surface area contributed by atoms with Gasteiger partial charge in [-0.05, 0) is 15.6 Å². The fourth-order valence-corrected chi connectivity index (χ4v) is 11.0. The Bertz CT molecular complexity index is 1140. The van der Waals surface area contributed by atoms with Crippen molar-refractivity contribution in [2.75, 3.05) is 0 Å². The normalized spacial score (nSPS) is 12.1. The Balaban J connectivity index is 2.26. The van der Waals surface area contributed by atoms with E-state index in [1.54, 1.807) is 111 Å². The summed E-state index contributed by atoms with van der Waals surface area (Å²) in [7, 11) is -6.47. The van der Waals surface area contributed by atoms with E-state index in [2.05, 4.69) is 0 Å². The molecule has 0 aliphatic carbocycles. The third-order valence-electron chi connectivity index (χ3n) is 6.01. The van der Waals surface area contributed by atoms with E-state index in [9.17, 15) is 0 Å². The Hall–Kier alpha value is -2.97. The molecule has 0 radical (unpaired) electrons. The maximum absolute atomic E-state index is 16.1. The van der Waals surface area contributed by atoms with E-state index in [1.165, 1.54) is 0 Å². The zero-order valence-corrected chi connectivity index (χ0v) is 20.7. The van der Waals surface area contributed by atoms with Gasteiger partial charge in [0.25, 0.3) is 0 Å². The van der Waals surface area contributed by atoms with Crippen LogP contribution < -0.4 is 25.9 Å². The number of benzene rings is 4.